The Morgan fingerprint density at radius 3 is 1.22 bits per heavy atom. The summed E-state index contributed by atoms with van der Waals surface area (Å²) in [7, 11) is 1.20. The predicted molar refractivity (Wildman–Crippen MR) is 329 cm³/mol. The van der Waals surface area contributed by atoms with Gasteiger partial charge in [0.1, 0.15) is 13.2 Å². The molecular weight excluding hydrogens is 960 g/mol. The summed E-state index contributed by atoms with van der Waals surface area (Å²) in [5.41, 5.74) is 0. The summed E-state index contributed by atoms with van der Waals surface area (Å²) in [6.45, 7) is 4.49. The van der Waals surface area contributed by atoms with E-state index in [1.807, 2.05) is 27.2 Å². The Kier molecular flexibility index (Phi) is 54.7. The second kappa shape index (κ2) is 56.9. The van der Waals surface area contributed by atoms with Crippen LogP contribution in [0.4, 0.5) is 0 Å². The van der Waals surface area contributed by atoms with Gasteiger partial charge in [0.15, 0.2) is 0 Å². The Bertz CT molecular complexity index is 1600. The lowest BCUT2D eigenvalue weighted by molar-refractivity contribution is -0.870. The third kappa shape index (κ3) is 58.8. The highest BCUT2D eigenvalue weighted by molar-refractivity contribution is 7.45. The van der Waals surface area contributed by atoms with Crippen molar-refractivity contribution in [1.29, 1.82) is 0 Å². The number of hydrogen-bond acceptors (Lipinski definition) is 6. The maximum atomic E-state index is 13.0. The topological polar surface area (TPSA) is 108 Å². The van der Waals surface area contributed by atoms with Gasteiger partial charge in [0, 0.05) is 6.42 Å². The number of likely N-dealkylation sites (N-methyl/N-ethyl adjacent to an activating group) is 1. The highest BCUT2D eigenvalue weighted by atomic mass is 31.2. The van der Waals surface area contributed by atoms with E-state index in [0.29, 0.717) is 23.9 Å². The molecule has 0 aromatic carbocycles. The molecule has 0 saturated heterocycles. The summed E-state index contributed by atoms with van der Waals surface area (Å²) >= 11 is 0. The second-order valence-corrected chi connectivity index (χ2v) is 23.4. The largest absolute Gasteiger partial charge is 0.756 e. The third-order valence-electron chi connectivity index (χ3n) is 13.4. The summed E-state index contributed by atoms with van der Waals surface area (Å²) in [5.74, 6) is -0.238. The lowest BCUT2D eigenvalue weighted by Gasteiger charge is -2.29. The average Bonchev–Trinajstić information content (AvgIpc) is 3.38. The van der Waals surface area contributed by atoms with E-state index in [2.05, 4.69) is 116 Å². The van der Waals surface area contributed by atoms with E-state index in [1.165, 1.54) is 141 Å². The van der Waals surface area contributed by atoms with Crippen molar-refractivity contribution in [1.82, 2.24) is 5.32 Å². The molecule has 438 valence electrons. The van der Waals surface area contributed by atoms with E-state index in [0.717, 1.165) is 89.9 Å². The Balaban J connectivity index is 4.28. The second-order valence-electron chi connectivity index (χ2n) is 22.0. The summed E-state index contributed by atoms with van der Waals surface area (Å²) in [6, 6.07) is -0.933. The molecular formula is C67H119N2O6P. The summed E-state index contributed by atoms with van der Waals surface area (Å²) in [4.78, 5) is 25.5. The third-order valence-corrected chi connectivity index (χ3v) is 14.4. The van der Waals surface area contributed by atoms with Gasteiger partial charge in [0.25, 0.3) is 7.82 Å². The Morgan fingerprint density at radius 1 is 0.474 bits per heavy atom. The molecule has 0 fully saturated rings. The first-order chi connectivity index (χ1) is 37.0. The van der Waals surface area contributed by atoms with Crippen LogP contribution >= 0.6 is 7.82 Å². The SMILES string of the molecule is CC/C=C\C/C=C\C/C=C\C/C=C\C/C=C\C/C=C\CCCCCCC(=O)NC(COP(=O)([O-])OCC[N+](C)(C)C)C(O)/C=C/CC/C=C/CC/C=C/CCCCCCCCCCCCCCCCCCCCCCC. The van der Waals surface area contributed by atoms with Crippen molar-refractivity contribution in [3.8, 4) is 0 Å². The highest BCUT2D eigenvalue weighted by Gasteiger charge is 2.23. The number of carbonyl (C=O) groups excluding carboxylic acids is 1. The van der Waals surface area contributed by atoms with Gasteiger partial charge in [-0.2, -0.15) is 0 Å². The summed E-state index contributed by atoms with van der Waals surface area (Å²) in [5, 5.41) is 13.9. The zero-order valence-electron chi connectivity index (χ0n) is 49.9. The fourth-order valence-corrected chi connectivity index (χ4v) is 9.32. The van der Waals surface area contributed by atoms with Gasteiger partial charge in [-0.25, -0.2) is 0 Å². The molecule has 76 heavy (non-hydrogen) atoms. The number of amides is 1. The molecule has 2 N–H and O–H groups in total. The maximum Gasteiger partial charge on any atom is 0.268 e. The molecule has 3 unspecified atom stereocenters. The lowest BCUT2D eigenvalue weighted by Crippen LogP contribution is -2.45. The van der Waals surface area contributed by atoms with E-state index in [9.17, 15) is 19.4 Å². The smallest absolute Gasteiger partial charge is 0.268 e. The van der Waals surface area contributed by atoms with Crippen LogP contribution in [0.1, 0.15) is 258 Å². The fourth-order valence-electron chi connectivity index (χ4n) is 8.60. The monoisotopic (exact) mass is 1080 g/mol. The molecule has 3 atom stereocenters. The van der Waals surface area contributed by atoms with Gasteiger partial charge < -0.3 is 28.8 Å². The van der Waals surface area contributed by atoms with Crippen molar-refractivity contribution >= 4 is 13.7 Å². The molecule has 0 aromatic rings. The van der Waals surface area contributed by atoms with Crippen LogP contribution in [-0.4, -0.2) is 68.5 Å². The number of nitrogens with one attached hydrogen (secondary N) is 1. The summed E-state index contributed by atoms with van der Waals surface area (Å²) in [6.07, 6.45) is 83.4. The average molecular weight is 1080 g/mol. The minimum absolute atomic E-state index is 0.0205. The Hall–Kier alpha value is -2.84. The van der Waals surface area contributed by atoms with E-state index < -0.39 is 26.6 Å². The maximum absolute atomic E-state index is 13.0. The molecule has 0 bridgehead atoms. The number of allylic oxidation sites excluding steroid dienone is 17. The van der Waals surface area contributed by atoms with Crippen LogP contribution in [0.25, 0.3) is 0 Å². The number of hydrogen-bond donors (Lipinski definition) is 2. The van der Waals surface area contributed by atoms with Gasteiger partial charge in [-0.15, -0.1) is 0 Å². The minimum Gasteiger partial charge on any atom is -0.756 e. The van der Waals surface area contributed by atoms with Crippen LogP contribution in [0.2, 0.25) is 0 Å². The number of quaternary nitrogens is 1. The molecule has 0 aromatic heterocycles. The number of rotatable bonds is 56. The van der Waals surface area contributed by atoms with Gasteiger partial charge >= 0.3 is 0 Å². The van der Waals surface area contributed by atoms with Crippen LogP contribution in [0.15, 0.2) is 109 Å². The van der Waals surface area contributed by atoms with Crippen molar-refractivity contribution in [3.63, 3.8) is 0 Å². The molecule has 0 rings (SSSR count). The van der Waals surface area contributed by atoms with Gasteiger partial charge in [0.2, 0.25) is 5.91 Å². The number of aliphatic hydroxyl groups excluding tert-OH is 1. The first-order valence-electron chi connectivity index (χ1n) is 31.2. The van der Waals surface area contributed by atoms with Crippen LogP contribution in [0, 0.1) is 0 Å². The number of carbonyl (C=O) groups is 1. The molecule has 0 aliphatic heterocycles. The molecule has 0 aliphatic rings. The standard InChI is InChI=1S/C67H119N2O6P/c1-6-8-10-12-14-16-18-20-22-24-26-28-30-31-32-33-34-35-36-37-39-40-42-44-46-48-50-52-54-56-58-60-66(70)65(64-75-76(72,73)74-63-62-69(3,4)5)68-67(71)61-59-57-55-53-51-49-47-45-43-41-38-29-27-25-23-21-19-17-15-13-11-9-7-2/h9,11,15,17,21,23,27,29,41-44,47,49-50,52,58,60,65-66,70H,6-8,10,12-14,16,18-20,22,24-26,28,30-40,45-46,48,51,53-57,59,61-64H2,1-5H3,(H-,68,71,72,73)/b11-9-,17-15-,23-21-,29-27-,43-41-,44-42+,49-47-,52-50+,60-58+. The Morgan fingerprint density at radius 2 is 0.816 bits per heavy atom. The molecule has 0 heterocycles. The molecule has 0 aliphatic carbocycles. The summed E-state index contributed by atoms with van der Waals surface area (Å²) < 4.78 is 23.3. The zero-order valence-corrected chi connectivity index (χ0v) is 50.8. The van der Waals surface area contributed by atoms with Crippen molar-refractivity contribution in [2.75, 3.05) is 40.9 Å². The van der Waals surface area contributed by atoms with Crippen LogP contribution in [-0.2, 0) is 18.4 Å². The number of aliphatic hydroxyl groups is 1. The lowest BCUT2D eigenvalue weighted by atomic mass is 10.0. The number of nitrogens with zero attached hydrogens (tertiary/aromatic N) is 1. The molecule has 0 radical (unpaired) electrons. The molecule has 8 nitrogen and oxygen atoms in total. The first kappa shape index (κ1) is 73.2. The molecule has 9 heteroatoms. The normalized spacial score (nSPS) is 14.6. The van der Waals surface area contributed by atoms with Crippen LogP contribution in [0.3, 0.4) is 0 Å². The Labute approximate surface area is 470 Å². The van der Waals surface area contributed by atoms with Crippen molar-refractivity contribution in [2.45, 2.75) is 270 Å². The quantitative estimate of drug-likeness (QED) is 0.0272. The number of phosphoric ester groups is 1. The zero-order chi connectivity index (χ0) is 55.6. The highest BCUT2D eigenvalue weighted by Crippen LogP contribution is 2.38. The first-order valence-corrected chi connectivity index (χ1v) is 32.7. The van der Waals surface area contributed by atoms with Crippen molar-refractivity contribution in [3.05, 3.63) is 109 Å². The number of unbranched alkanes of at least 4 members (excludes halogenated alkanes) is 27. The minimum atomic E-state index is -4.63. The van der Waals surface area contributed by atoms with E-state index in [4.69, 9.17) is 9.05 Å². The van der Waals surface area contributed by atoms with Gasteiger partial charge in [-0.05, 0) is 96.3 Å². The predicted octanol–water partition coefficient (Wildman–Crippen LogP) is 18.9. The van der Waals surface area contributed by atoms with E-state index in [1.54, 1.807) is 6.08 Å². The van der Waals surface area contributed by atoms with Crippen LogP contribution in [0.5, 0.6) is 0 Å². The molecule has 0 saturated carbocycles. The van der Waals surface area contributed by atoms with Gasteiger partial charge in [0.05, 0.1) is 39.9 Å². The van der Waals surface area contributed by atoms with Gasteiger partial charge in [-0.3, -0.25) is 9.36 Å². The number of phosphoric acid groups is 1. The van der Waals surface area contributed by atoms with E-state index >= 15 is 0 Å². The van der Waals surface area contributed by atoms with E-state index in [-0.39, 0.29) is 12.5 Å². The van der Waals surface area contributed by atoms with Gasteiger partial charge in [-0.1, -0.05) is 264 Å². The van der Waals surface area contributed by atoms with Crippen LogP contribution < -0.4 is 10.2 Å². The van der Waals surface area contributed by atoms with Crippen molar-refractivity contribution < 1.29 is 32.9 Å². The van der Waals surface area contributed by atoms with Crippen molar-refractivity contribution in [2.24, 2.45) is 0 Å². The molecule has 0 spiro atoms. The fraction of sp³-hybridized carbons (Fsp3) is 0.716. The molecule has 1 amide bonds.